The van der Waals surface area contributed by atoms with Gasteiger partial charge in [0.1, 0.15) is 0 Å². The lowest BCUT2D eigenvalue weighted by Gasteiger charge is -2.12. The summed E-state index contributed by atoms with van der Waals surface area (Å²) < 4.78 is 1.58. The van der Waals surface area contributed by atoms with Gasteiger partial charge in [0.25, 0.3) is 5.91 Å². The number of carboxylic acid groups (broad SMARTS) is 1. The number of amides is 1. The van der Waals surface area contributed by atoms with Crippen LogP contribution in [0.15, 0.2) is 24.8 Å². The zero-order valence-corrected chi connectivity index (χ0v) is 11.1. The van der Waals surface area contributed by atoms with Gasteiger partial charge in [-0.15, -0.1) is 0 Å². The summed E-state index contributed by atoms with van der Waals surface area (Å²) in [6.45, 7) is 1.85. The Morgan fingerprint density at radius 1 is 1.45 bits per heavy atom. The number of hydrogen-bond donors (Lipinski definition) is 2. The first-order valence-electron chi connectivity index (χ1n) is 6.38. The van der Waals surface area contributed by atoms with Crippen molar-refractivity contribution in [2.75, 3.05) is 0 Å². The molecule has 0 bridgehead atoms. The molecule has 2 aromatic heterocycles. The van der Waals surface area contributed by atoms with Crippen LogP contribution in [0.2, 0.25) is 0 Å². The Kier molecular flexibility index (Phi) is 4.29. The molecule has 2 aromatic rings. The van der Waals surface area contributed by atoms with Crippen LogP contribution in [0.25, 0.3) is 5.52 Å². The van der Waals surface area contributed by atoms with Crippen molar-refractivity contribution < 1.29 is 14.7 Å². The quantitative estimate of drug-likeness (QED) is 0.823. The molecule has 0 saturated carbocycles. The lowest BCUT2D eigenvalue weighted by atomic mass is 10.1. The molecule has 106 valence electrons. The van der Waals surface area contributed by atoms with Crippen LogP contribution in [-0.2, 0) is 4.79 Å². The topological polar surface area (TPSA) is 96.6 Å². The van der Waals surface area contributed by atoms with Crippen molar-refractivity contribution in [3.63, 3.8) is 0 Å². The highest BCUT2D eigenvalue weighted by atomic mass is 16.4. The molecule has 20 heavy (non-hydrogen) atoms. The van der Waals surface area contributed by atoms with E-state index in [1.807, 2.05) is 6.92 Å². The van der Waals surface area contributed by atoms with Gasteiger partial charge >= 0.3 is 5.97 Å². The maximum atomic E-state index is 12.1. The van der Waals surface area contributed by atoms with Gasteiger partial charge in [-0.2, -0.15) is 5.10 Å². The molecule has 0 aromatic carbocycles. The van der Waals surface area contributed by atoms with Crippen molar-refractivity contribution in [1.82, 2.24) is 19.9 Å². The summed E-state index contributed by atoms with van der Waals surface area (Å²) in [7, 11) is 0. The van der Waals surface area contributed by atoms with Gasteiger partial charge in [-0.3, -0.25) is 14.6 Å². The highest BCUT2D eigenvalue weighted by Gasteiger charge is 2.15. The highest BCUT2D eigenvalue weighted by molar-refractivity contribution is 6.00. The van der Waals surface area contributed by atoms with E-state index in [4.69, 9.17) is 5.11 Å². The van der Waals surface area contributed by atoms with Crippen LogP contribution in [0.4, 0.5) is 0 Å². The second kappa shape index (κ2) is 6.14. The Bertz CT molecular complexity index is 623. The summed E-state index contributed by atoms with van der Waals surface area (Å²) in [5.41, 5.74) is 1.10. The molecule has 1 atom stereocenters. The molecule has 0 aliphatic heterocycles. The molecule has 2 rings (SSSR count). The zero-order valence-electron chi connectivity index (χ0n) is 11.1. The van der Waals surface area contributed by atoms with Crippen LogP contribution < -0.4 is 5.32 Å². The number of aliphatic carboxylic acids is 1. The minimum absolute atomic E-state index is 0.0894. The highest BCUT2D eigenvalue weighted by Crippen LogP contribution is 2.09. The normalized spacial score (nSPS) is 12.2. The SMILES string of the molecule is CC(CCCC(=O)O)NC(=O)c1cnn2ccncc12. The molecule has 0 aliphatic rings. The fourth-order valence-electron chi connectivity index (χ4n) is 1.94. The molecule has 2 heterocycles. The molecule has 2 N–H and O–H groups in total. The van der Waals surface area contributed by atoms with Crippen LogP contribution in [0.3, 0.4) is 0 Å². The Morgan fingerprint density at radius 2 is 2.25 bits per heavy atom. The minimum Gasteiger partial charge on any atom is -0.481 e. The predicted octanol–water partition coefficient (Wildman–Crippen LogP) is 1.10. The van der Waals surface area contributed by atoms with Crippen LogP contribution in [0.5, 0.6) is 0 Å². The Hall–Kier alpha value is -2.44. The van der Waals surface area contributed by atoms with Crippen molar-refractivity contribution in [3.8, 4) is 0 Å². The number of carboxylic acids is 1. The third-order valence-electron chi connectivity index (χ3n) is 2.97. The number of fused-ring (bicyclic) bond motifs is 1. The molecule has 0 spiro atoms. The van der Waals surface area contributed by atoms with Crippen molar-refractivity contribution >= 4 is 17.4 Å². The number of carbonyl (C=O) groups excluding carboxylic acids is 1. The molecule has 0 aliphatic carbocycles. The van der Waals surface area contributed by atoms with Gasteiger partial charge in [0.2, 0.25) is 0 Å². The van der Waals surface area contributed by atoms with Crippen molar-refractivity contribution in [2.24, 2.45) is 0 Å². The van der Waals surface area contributed by atoms with E-state index in [0.717, 1.165) is 0 Å². The van der Waals surface area contributed by atoms with E-state index in [9.17, 15) is 9.59 Å². The Balaban J connectivity index is 1.96. The lowest BCUT2D eigenvalue weighted by molar-refractivity contribution is -0.137. The first-order valence-corrected chi connectivity index (χ1v) is 6.38. The fraction of sp³-hybridized carbons (Fsp3) is 0.385. The lowest BCUT2D eigenvalue weighted by Crippen LogP contribution is -2.32. The van der Waals surface area contributed by atoms with Crippen LogP contribution >= 0.6 is 0 Å². The van der Waals surface area contributed by atoms with Gasteiger partial charge in [0, 0.05) is 24.9 Å². The van der Waals surface area contributed by atoms with Gasteiger partial charge < -0.3 is 10.4 Å². The van der Waals surface area contributed by atoms with E-state index in [0.29, 0.717) is 23.9 Å². The van der Waals surface area contributed by atoms with E-state index in [1.54, 1.807) is 23.1 Å². The summed E-state index contributed by atoms with van der Waals surface area (Å²) in [4.78, 5) is 26.5. The number of nitrogens with one attached hydrogen (secondary N) is 1. The van der Waals surface area contributed by atoms with Gasteiger partial charge in [-0.25, -0.2) is 4.52 Å². The smallest absolute Gasteiger partial charge is 0.303 e. The maximum Gasteiger partial charge on any atom is 0.303 e. The summed E-state index contributed by atoms with van der Waals surface area (Å²) >= 11 is 0. The minimum atomic E-state index is -0.822. The first-order chi connectivity index (χ1) is 9.58. The standard InChI is InChI=1S/C13H16N4O3/c1-9(3-2-4-12(18)19)16-13(20)10-7-15-17-6-5-14-8-11(10)17/h5-9H,2-4H2,1H3,(H,16,20)(H,18,19). The van der Waals surface area contributed by atoms with Crippen LogP contribution in [0, 0.1) is 0 Å². The number of nitrogens with zero attached hydrogens (tertiary/aromatic N) is 3. The van der Waals surface area contributed by atoms with Gasteiger partial charge in [0.15, 0.2) is 0 Å². The third-order valence-corrected chi connectivity index (χ3v) is 2.97. The van der Waals surface area contributed by atoms with Crippen molar-refractivity contribution in [1.29, 1.82) is 0 Å². The average molecular weight is 276 g/mol. The molecule has 0 saturated heterocycles. The molecule has 0 fully saturated rings. The maximum absolute atomic E-state index is 12.1. The monoisotopic (exact) mass is 276 g/mol. The van der Waals surface area contributed by atoms with Gasteiger partial charge in [0.05, 0.1) is 23.5 Å². The Labute approximate surface area is 115 Å². The summed E-state index contributed by atoms with van der Waals surface area (Å²) in [6.07, 6.45) is 7.61. The third kappa shape index (κ3) is 3.31. The number of hydrogen-bond acceptors (Lipinski definition) is 4. The molecular weight excluding hydrogens is 260 g/mol. The summed E-state index contributed by atoms with van der Waals surface area (Å²) in [6, 6.07) is -0.0894. The molecule has 7 heteroatoms. The fourth-order valence-corrected chi connectivity index (χ4v) is 1.94. The zero-order chi connectivity index (χ0) is 14.5. The van der Waals surface area contributed by atoms with E-state index in [2.05, 4.69) is 15.4 Å². The van der Waals surface area contributed by atoms with E-state index in [1.165, 1.54) is 6.20 Å². The number of rotatable bonds is 6. The van der Waals surface area contributed by atoms with Gasteiger partial charge in [-0.1, -0.05) is 0 Å². The second-order valence-electron chi connectivity index (χ2n) is 4.62. The molecule has 1 amide bonds. The van der Waals surface area contributed by atoms with Crippen molar-refractivity contribution in [2.45, 2.75) is 32.2 Å². The van der Waals surface area contributed by atoms with E-state index >= 15 is 0 Å². The molecule has 7 nitrogen and oxygen atoms in total. The van der Waals surface area contributed by atoms with Crippen LogP contribution in [0.1, 0.15) is 36.5 Å². The number of aromatic nitrogens is 3. The largest absolute Gasteiger partial charge is 0.481 e. The Morgan fingerprint density at radius 3 is 3.00 bits per heavy atom. The van der Waals surface area contributed by atoms with Gasteiger partial charge in [-0.05, 0) is 19.8 Å². The average Bonchev–Trinajstić information content (AvgIpc) is 2.82. The number of carbonyl (C=O) groups is 2. The summed E-state index contributed by atoms with van der Waals surface area (Å²) in [5, 5.41) is 15.5. The molecule has 0 radical (unpaired) electrons. The summed E-state index contributed by atoms with van der Waals surface area (Å²) in [5.74, 6) is -1.05. The molecule has 1 unspecified atom stereocenters. The predicted molar refractivity (Wildman–Crippen MR) is 71.4 cm³/mol. The van der Waals surface area contributed by atoms with E-state index < -0.39 is 5.97 Å². The van der Waals surface area contributed by atoms with Crippen molar-refractivity contribution in [3.05, 3.63) is 30.4 Å². The first kappa shape index (κ1) is 14.0. The van der Waals surface area contributed by atoms with E-state index in [-0.39, 0.29) is 18.4 Å². The van der Waals surface area contributed by atoms with Crippen LogP contribution in [-0.4, -0.2) is 37.6 Å². The second-order valence-corrected chi connectivity index (χ2v) is 4.62. The molecular formula is C13H16N4O3.